The predicted octanol–water partition coefficient (Wildman–Crippen LogP) is 4.53. The van der Waals surface area contributed by atoms with Crippen molar-refractivity contribution in [3.05, 3.63) is 11.3 Å². The van der Waals surface area contributed by atoms with Gasteiger partial charge in [-0.15, -0.1) is 0 Å². The molecule has 2 aliphatic rings. The van der Waals surface area contributed by atoms with Gasteiger partial charge in [0.05, 0.1) is 6.61 Å². The first-order valence-electron chi connectivity index (χ1n) is 14.6. The van der Waals surface area contributed by atoms with Crippen molar-refractivity contribution >= 4 is 24.9 Å². The number of nitriles is 1. The van der Waals surface area contributed by atoms with Crippen LogP contribution in [-0.4, -0.2) is 72.4 Å². The van der Waals surface area contributed by atoms with Gasteiger partial charge in [-0.2, -0.15) is 15.2 Å². The number of hydrogen-bond acceptors (Lipinski definition) is 8. The molecule has 4 rings (SSSR count). The van der Waals surface area contributed by atoms with E-state index in [1.165, 1.54) is 32.4 Å². The average molecular weight is 542 g/mol. The van der Waals surface area contributed by atoms with Gasteiger partial charge >= 0.3 is 6.01 Å². The van der Waals surface area contributed by atoms with Crippen molar-refractivity contribution in [2.75, 3.05) is 38.6 Å². The fraction of sp³-hybridized carbons (Fsp3) is 0.750. The second-order valence-corrected chi connectivity index (χ2v) is 17.8. The Morgan fingerprint density at radius 3 is 2.53 bits per heavy atom. The number of aryl methyl sites for hydroxylation is 1. The summed E-state index contributed by atoms with van der Waals surface area (Å²) in [5.41, 5.74) is 9.37. The summed E-state index contributed by atoms with van der Waals surface area (Å²) < 4.78 is 13.7. The first kappa shape index (κ1) is 28.8. The maximum atomic E-state index is 10.2. The Bertz CT molecular complexity index is 1100. The molecular weight excluding hydrogens is 494 g/mol. The highest BCUT2D eigenvalue weighted by Gasteiger charge is 2.31. The third-order valence-corrected chi connectivity index (χ3v) is 9.45. The Kier molecular flexibility index (Phi) is 10.0. The maximum Gasteiger partial charge on any atom is 0.319 e. The number of likely N-dealkylation sites (tertiary alicyclic amines) is 1. The fourth-order valence-electron chi connectivity index (χ4n) is 5.60. The number of aromatic nitrogens is 3. The Morgan fingerprint density at radius 2 is 1.84 bits per heavy atom. The van der Waals surface area contributed by atoms with Crippen molar-refractivity contribution in [1.29, 1.82) is 5.26 Å². The molecule has 0 aromatic carbocycles. The minimum atomic E-state index is -1.21. The summed E-state index contributed by atoms with van der Waals surface area (Å²) >= 11 is 0. The third kappa shape index (κ3) is 7.47. The molecule has 38 heavy (non-hydrogen) atoms. The normalized spacial score (nSPS) is 19.8. The van der Waals surface area contributed by atoms with Gasteiger partial charge in [0.15, 0.2) is 5.82 Å². The lowest BCUT2D eigenvalue weighted by molar-refractivity contribution is 0.0896. The maximum absolute atomic E-state index is 10.2. The van der Waals surface area contributed by atoms with Gasteiger partial charge in [-0.1, -0.05) is 39.4 Å². The lowest BCUT2D eigenvalue weighted by atomic mass is 10.1. The zero-order chi connectivity index (χ0) is 27.1. The summed E-state index contributed by atoms with van der Waals surface area (Å²) in [6.45, 7) is 14.1. The van der Waals surface area contributed by atoms with E-state index in [4.69, 9.17) is 20.2 Å². The molecule has 0 spiro atoms. The zero-order valence-corrected chi connectivity index (χ0v) is 24.9. The van der Waals surface area contributed by atoms with Crippen molar-refractivity contribution < 1.29 is 9.47 Å². The van der Waals surface area contributed by atoms with Gasteiger partial charge in [-0.25, -0.2) is 0 Å². The number of anilines is 1. The summed E-state index contributed by atoms with van der Waals surface area (Å²) in [5, 5.41) is 13.9. The molecule has 4 heterocycles. The molecule has 0 aliphatic carbocycles. The van der Waals surface area contributed by atoms with Gasteiger partial charge in [0.25, 0.3) is 0 Å². The van der Waals surface area contributed by atoms with E-state index in [2.05, 4.69) is 47.8 Å². The number of fused-ring (bicyclic) bond motifs is 3. The third-order valence-electron chi connectivity index (χ3n) is 7.75. The SMILES string of the molecule is CCCCOc1nc(N)c2c(n1)c(CCCCCN1CC3CCC(C1)N3)c(C#N)n2COCC[Si](C)(C)C. The topological polar surface area (TPSA) is 114 Å². The van der Waals surface area contributed by atoms with Crippen LogP contribution in [0.15, 0.2) is 0 Å². The second-order valence-electron chi connectivity index (χ2n) is 12.2. The van der Waals surface area contributed by atoms with Gasteiger partial charge < -0.3 is 30.0 Å². The molecule has 2 aromatic rings. The van der Waals surface area contributed by atoms with E-state index in [9.17, 15) is 5.26 Å². The predicted molar refractivity (Wildman–Crippen MR) is 155 cm³/mol. The molecule has 2 aromatic heterocycles. The summed E-state index contributed by atoms with van der Waals surface area (Å²) in [7, 11) is -1.21. The van der Waals surface area contributed by atoms with Gasteiger partial charge in [0, 0.05) is 45.4 Å². The van der Waals surface area contributed by atoms with E-state index >= 15 is 0 Å². The summed E-state index contributed by atoms with van der Waals surface area (Å²) in [4.78, 5) is 11.8. The lowest BCUT2D eigenvalue weighted by Gasteiger charge is -2.32. The van der Waals surface area contributed by atoms with Crippen molar-refractivity contribution in [3.8, 4) is 12.1 Å². The number of rotatable bonds is 15. The molecule has 210 valence electrons. The second kappa shape index (κ2) is 13.2. The van der Waals surface area contributed by atoms with Crippen molar-refractivity contribution in [3.63, 3.8) is 0 Å². The van der Waals surface area contributed by atoms with Gasteiger partial charge in [0.2, 0.25) is 0 Å². The molecule has 0 radical (unpaired) electrons. The standard InChI is InChI=1S/C28H47N7O2Si/c1-5-6-14-37-28-32-25-23(10-8-7-9-13-34-18-21-11-12-22(19-34)31-21)24(17-29)35(26(25)27(30)33-28)20-36-15-16-38(2,3)4/h21-22,31H,5-16,18-20H2,1-4H3,(H2,30,32,33). The Hall–Kier alpha value is -2.19. The van der Waals surface area contributed by atoms with E-state index in [1.54, 1.807) is 0 Å². The highest BCUT2D eigenvalue weighted by atomic mass is 28.3. The van der Waals surface area contributed by atoms with E-state index in [-0.39, 0.29) is 6.73 Å². The summed E-state index contributed by atoms with van der Waals surface area (Å²) in [6.07, 6.45) is 8.66. The summed E-state index contributed by atoms with van der Waals surface area (Å²) in [5.74, 6) is 0.339. The van der Waals surface area contributed by atoms with Gasteiger partial charge in [-0.3, -0.25) is 0 Å². The Balaban J connectivity index is 1.46. The van der Waals surface area contributed by atoms with E-state index < -0.39 is 8.07 Å². The Morgan fingerprint density at radius 1 is 1.08 bits per heavy atom. The first-order chi connectivity index (χ1) is 18.3. The molecule has 2 fully saturated rings. The number of nitrogens with one attached hydrogen (secondary N) is 1. The smallest absolute Gasteiger partial charge is 0.319 e. The highest BCUT2D eigenvalue weighted by Crippen LogP contribution is 2.31. The minimum Gasteiger partial charge on any atom is -0.463 e. The van der Waals surface area contributed by atoms with Crippen molar-refractivity contribution in [2.45, 2.75) is 103 Å². The van der Waals surface area contributed by atoms with Crippen LogP contribution < -0.4 is 15.8 Å². The number of ether oxygens (including phenoxy) is 2. The molecule has 10 heteroatoms. The largest absolute Gasteiger partial charge is 0.463 e. The molecule has 0 amide bonds. The van der Waals surface area contributed by atoms with Crippen LogP contribution in [0.25, 0.3) is 11.0 Å². The number of nitrogen functional groups attached to an aromatic ring is 1. The number of nitrogens with two attached hydrogens (primary N) is 1. The first-order valence-corrected chi connectivity index (χ1v) is 18.3. The van der Waals surface area contributed by atoms with Crippen molar-refractivity contribution in [1.82, 2.24) is 24.8 Å². The van der Waals surface area contributed by atoms with Crippen LogP contribution in [-0.2, 0) is 17.9 Å². The van der Waals surface area contributed by atoms with E-state index in [0.29, 0.717) is 48.3 Å². The zero-order valence-electron chi connectivity index (χ0n) is 23.9. The highest BCUT2D eigenvalue weighted by molar-refractivity contribution is 6.76. The number of nitrogens with zero attached hydrogens (tertiary/aromatic N) is 5. The molecular formula is C28H47N7O2Si. The lowest BCUT2D eigenvalue weighted by Crippen LogP contribution is -2.51. The molecule has 2 aliphatic heterocycles. The fourth-order valence-corrected chi connectivity index (χ4v) is 6.36. The van der Waals surface area contributed by atoms with Crippen LogP contribution in [0.1, 0.15) is 63.1 Å². The van der Waals surface area contributed by atoms with Crippen LogP contribution in [0, 0.1) is 11.3 Å². The number of piperazine rings is 1. The minimum absolute atomic E-state index is 0.277. The van der Waals surface area contributed by atoms with Crippen molar-refractivity contribution in [2.24, 2.45) is 0 Å². The summed E-state index contributed by atoms with van der Waals surface area (Å²) in [6, 6.07) is 5.16. The van der Waals surface area contributed by atoms with Crippen LogP contribution in [0.2, 0.25) is 25.7 Å². The average Bonchev–Trinajstić information content (AvgIpc) is 3.36. The Labute approximate surface area is 229 Å². The number of unbranched alkanes of at least 4 members (excludes halogenated alkanes) is 3. The molecule has 2 saturated heterocycles. The molecule has 2 bridgehead atoms. The van der Waals surface area contributed by atoms with Crippen LogP contribution in [0.5, 0.6) is 6.01 Å². The van der Waals surface area contributed by atoms with E-state index in [1.807, 2.05) is 4.57 Å². The molecule has 0 saturated carbocycles. The van der Waals surface area contributed by atoms with Crippen LogP contribution in [0.3, 0.4) is 0 Å². The van der Waals surface area contributed by atoms with Gasteiger partial charge in [-0.05, 0) is 51.1 Å². The van der Waals surface area contributed by atoms with Crippen LogP contribution >= 0.6 is 0 Å². The quantitative estimate of drug-likeness (QED) is 0.250. The van der Waals surface area contributed by atoms with Gasteiger partial charge in [0.1, 0.15) is 29.5 Å². The molecule has 9 nitrogen and oxygen atoms in total. The van der Waals surface area contributed by atoms with E-state index in [0.717, 1.165) is 55.8 Å². The van der Waals surface area contributed by atoms with Crippen LogP contribution in [0.4, 0.5) is 5.82 Å². The monoisotopic (exact) mass is 541 g/mol. The molecule has 2 unspecified atom stereocenters. The molecule has 3 N–H and O–H groups in total. The number of hydrogen-bond donors (Lipinski definition) is 2. The molecule has 2 atom stereocenters.